The van der Waals surface area contributed by atoms with Gasteiger partial charge in [-0.2, -0.15) is 0 Å². The standard InChI is InChI=1S/C22H25N3O4S/c26-20(23-16-7-2-1-3-8-16)14-25(13-17-9-6-12-28-17)21(27)15-30-22-24-18-10-4-5-11-19(18)29-22/h4-6,9-12,16H,1-3,7-8,13-15H2,(H,23,26). The number of carbonyl (C=O) groups is 2. The molecular formula is C22H25N3O4S. The summed E-state index contributed by atoms with van der Waals surface area (Å²) >= 11 is 1.23. The molecule has 1 fully saturated rings. The van der Waals surface area contributed by atoms with Crippen LogP contribution in [0.1, 0.15) is 37.9 Å². The number of nitrogens with zero attached hydrogens (tertiary/aromatic N) is 2. The second-order valence-electron chi connectivity index (χ2n) is 7.47. The molecule has 0 radical (unpaired) electrons. The highest BCUT2D eigenvalue weighted by Crippen LogP contribution is 2.23. The van der Waals surface area contributed by atoms with Crippen molar-refractivity contribution >= 4 is 34.7 Å². The zero-order chi connectivity index (χ0) is 20.8. The molecule has 2 amide bonds. The lowest BCUT2D eigenvalue weighted by Gasteiger charge is -2.25. The zero-order valence-corrected chi connectivity index (χ0v) is 17.5. The van der Waals surface area contributed by atoms with Crippen molar-refractivity contribution in [3.05, 3.63) is 48.4 Å². The number of aromatic nitrogens is 1. The van der Waals surface area contributed by atoms with E-state index in [0.29, 0.717) is 16.6 Å². The maximum Gasteiger partial charge on any atom is 0.257 e. The molecule has 0 saturated heterocycles. The van der Waals surface area contributed by atoms with Crippen molar-refractivity contribution in [2.45, 2.75) is 49.9 Å². The minimum atomic E-state index is -0.169. The number of hydrogen-bond donors (Lipinski definition) is 1. The predicted octanol–water partition coefficient (Wildman–Crippen LogP) is 3.99. The van der Waals surface area contributed by atoms with Crippen LogP contribution in [0.15, 0.2) is 56.7 Å². The minimum Gasteiger partial charge on any atom is -0.467 e. The molecule has 1 aromatic carbocycles. The van der Waals surface area contributed by atoms with Gasteiger partial charge in [0.15, 0.2) is 5.58 Å². The predicted molar refractivity (Wildman–Crippen MR) is 114 cm³/mol. The number of hydrogen-bond acceptors (Lipinski definition) is 6. The molecule has 0 bridgehead atoms. The van der Waals surface area contributed by atoms with Crippen LogP contribution in [-0.2, 0) is 16.1 Å². The first-order chi connectivity index (χ1) is 14.7. The summed E-state index contributed by atoms with van der Waals surface area (Å²) < 4.78 is 11.1. The lowest BCUT2D eigenvalue weighted by molar-refractivity contribution is -0.135. The molecule has 0 aliphatic heterocycles. The van der Waals surface area contributed by atoms with E-state index in [1.165, 1.54) is 23.1 Å². The number of furan rings is 1. The van der Waals surface area contributed by atoms with E-state index >= 15 is 0 Å². The third-order valence-corrected chi connectivity index (χ3v) is 5.99. The normalized spacial score (nSPS) is 14.7. The topological polar surface area (TPSA) is 88.6 Å². The number of para-hydroxylation sites is 2. The van der Waals surface area contributed by atoms with Gasteiger partial charge in [-0.25, -0.2) is 4.98 Å². The molecule has 3 aromatic rings. The van der Waals surface area contributed by atoms with E-state index in [-0.39, 0.29) is 36.7 Å². The highest BCUT2D eigenvalue weighted by Gasteiger charge is 2.22. The molecule has 0 atom stereocenters. The first-order valence-electron chi connectivity index (χ1n) is 10.3. The minimum absolute atomic E-state index is 0.00412. The van der Waals surface area contributed by atoms with Crippen LogP contribution < -0.4 is 5.32 Å². The fourth-order valence-corrected chi connectivity index (χ4v) is 4.39. The fraction of sp³-hybridized carbons (Fsp3) is 0.409. The maximum absolute atomic E-state index is 12.9. The van der Waals surface area contributed by atoms with Crippen LogP contribution in [0, 0.1) is 0 Å². The molecule has 8 heteroatoms. The van der Waals surface area contributed by atoms with Gasteiger partial charge in [0.25, 0.3) is 5.22 Å². The highest BCUT2D eigenvalue weighted by molar-refractivity contribution is 7.99. The first-order valence-corrected chi connectivity index (χ1v) is 11.2. The zero-order valence-electron chi connectivity index (χ0n) is 16.7. The second kappa shape index (κ2) is 9.84. The Hall–Kier alpha value is -2.74. The summed E-state index contributed by atoms with van der Waals surface area (Å²) in [7, 11) is 0. The van der Waals surface area contributed by atoms with Crippen molar-refractivity contribution in [3.8, 4) is 0 Å². The molecule has 2 heterocycles. The van der Waals surface area contributed by atoms with E-state index in [1.54, 1.807) is 18.4 Å². The number of amides is 2. The number of carbonyl (C=O) groups excluding carboxylic acids is 2. The van der Waals surface area contributed by atoms with Gasteiger partial charge in [-0.1, -0.05) is 43.2 Å². The average Bonchev–Trinajstić information content (AvgIpc) is 3.41. The van der Waals surface area contributed by atoms with E-state index in [0.717, 1.165) is 31.2 Å². The van der Waals surface area contributed by atoms with Gasteiger partial charge >= 0.3 is 0 Å². The van der Waals surface area contributed by atoms with Gasteiger partial charge in [0.1, 0.15) is 17.8 Å². The van der Waals surface area contributed by atoms with Gasteiger partial charge in [-0.05, 0) is 37.1 Å². The van der Waals surface area contributed by atoms with E-state index in [2.05, 4.69) is 10.3 Å². The second-order valence-corrected chi connectivity index (χ2v) is 8.39. The Balaban J connectivity index is 1.37. The number of thioether (sulfide) groups is 1. The van der Waals surface area contributed by atoms with E-state index < -0.39 is 0 Å². The van der Waals surface area contributed by atoms with E-state index in [4.69, 9.17) is 8.83 Å². The molecule has 30 heavy (non-hydrogen) atoms. The van der Waals surface area contributed by atoms with Gasteiger partial charge < -0.3 is 19.1 Å². The van der Waals surface area contributed by atoms with Gasteiger partial charge in [-0.3, -0.25) is 9.59 Å². The summed E-state index contributed by atoms with van der Waals surface area (Å²) in [6.45, 7) is 0.252. The third kappa shape index (κ3) is 5.44. The van der Waals surface area contributed by atoms with Crippen molar-refractivity contribution in [2.75, 3.05) is 12.3 Å². The lowest BCUT2D eigenvalue weighted by Crippen LogP contribution is -2.44. The molecule has 0 spiro atoms. The summed E-state index contributed by atoms with van der Waals surface area (Å²) in [5, 5.41) is 3.51. The van der Waals surface area contributed by atoms with Gasteiger partial charge in [0, 0.05) is 6.04 Å². The number of fused-ring (bicyclic) bond motifs is 1. The molecule has 1 saturated carbocycles. The van der Waals surface area contributed by atoms with E-state index in [9.17, 15) is 9.59 Å². The van der Waals surface area contributed by atoms with Crippen LogP contribution >= 0.6 is 11.8 Å². The van der Waals surface area contributed by atoms with Crippen molar-refractivity contribution in [2.24, 2.45) is 0 Å². The maximum atomic E-state index is 12.9. The highest BCUT2D eigenvalue weighted by atomic mass is 32.2. The summed E-state index contributed by atoms with van der Waals surface area (Å²) in [4.78, 5) is 31.4. The van der Waals surface area contributed by atoms with Crippen molar-refractivity contribution in [1.29, 1.82) is 0 Å². The lowest BCUT2D eigenvalue weighted by atomic mass is 9.95. The molecular weight excluding hydrogens is 402 g/mol. The number of benzene rings is 1. The molecule has 158 valence electrons. The summed E-state index contributed by atoms with van der Waals surface area (Å²) in [5.74, 6) is 0.469. The largest absolute Gasteiger partial charge is 0.467 e. The van der Waals surface area contributed by atoms with Crippen LogP contribution in [0.3, 0.4) is 0 Å². The average molecular weight is 428 g/mol. The first kappa shape index (κ1) is 20.5. The van der Waals surface area contributed by atoms with Crippen molar-refractivity contribution in [3.63, 3.8) is 0 Å². The fourth-order valence-electron chi connectivity index (χ4n) is 3.64. The Morgan fingerprint density at radius 1 is 1.13 bits per heavy atom. The molecule has 0 unspecified atom stereocenters. The van der Waals surface area contributed by atoms with Crippen molar-refractivity contribution in [1.82, 2.24) is 15.2 Å². The molecule has 1 aliphatic rings. The summed E-state index contributed by atoms with van der Waals surface area (Å²) in [6, 6.07) is 11.3. The summed E-state index contributed by atoms with van der Waals surface area (Å²) in [5.41, 5.74) is 1.44. The van der Waals surface area contributed by atoms with Crippen LogP contribution in [0.2, 0.25) is 0 Å². The van der Waals surface area contributed by atoms with Crippen LogP contribution in [0.25, 0.3) is 11.1 Å². The Bertz CT molecular complexity index is 946. The smallest absolute Gasteiger partial charge is 0.257 e. The third-order valence-electron chi connectivity index (χ3n) is 5.18. The number of rotatable bonds is 8. The Kier molecular flexibility index (Phi) is 6.74. The van der Waals surface area contributed by atoms with Gasteiger partial charge in [-0.15, -0.1) is 0 Å². The van der Waals surface area contributed by atoms with E-state index in [1.807, 2.05) is 24.3 Å². The Morgan fingerprint density at radius 3 is 2.73 bits per heavy atom. The van der Waals surface area contributed by atoms with Gasteiger partial charge in [0.05, 0.1) is 18.6 Å². The number of oxazole rings is 1. The molecule has 1 aliphatic carbocycles. The number of nitrogens with one attached hydrogen (secondary N) is 1. The van der Waals surface area contributed by atoms with Crippen LogP contribution in [-0.4, -0.2) is 40.0 Å². The molecule has 1 N–H and O–H groups in total. The monoisotopic (exact) mass is 427 g/mol. The SMILES string of the molecule is O=C(CN(Cc1ccco1)C(=O)CSc1nc2ccccc2o1)NC1CCCCC1. The molecule has 4 rings (SSSR count). The summed E-state index contributed by atoms with van der Waals surface area (Å²) in [6.07, 6.45) is 7.08. The Morgan fingerprint density at radius 2 is 1.97 bits per heavy atom. The van der Waals surface area contributed by atoms with Crippen LogP contribution in [0.4, 0.5) is 0 Å². The van der Waals surface area contributed by atoms with Crippen LogP contribution in [0.5, 0.6) is 0 Å². The molecule has 2 aromatic heterocycles. The molecule has 7 nitrogen and oxygen atoms in total. The quantitative estimate of drug-likeness (QED) is 0.547. The Labute approximate surface area is 179 Å². The van der Waals surface area contributed by atoms with Gasteiger partial charge in [0.2, 0.25) is 11.8 Å². The van der Waals surface area contributed by atoms with Crippen molar-refractivity contribution < 1.29 is 18.4 Å².